The number of thioether (sulfide) groups is 1. The first-order valence-electron chi connectivity index (χ1n) is 11.9. The normalized spacial score (nSPS) is 21.5. The molecule has 0 bridgehead atoms. The minimum atomic E-state index is -0.367. The number of ether oxygens (including phenoxy) is 1. The van der Waals surface area contributed by atoms with E-state index in [2.05, 4.69) is 63.7 Å². The number of hydrogen-bond donors (Lipinski definition) is 1. The van der Waals surface area contributed by atoms with Crippen LogP contribution in [0.4, 0.5) is 5.82 Å². The van der Waals surface area contributed by atoms with Crippen molar-refractivity contribution in [3.05, 3.63) is 33.6 Å². The first-order valence-corrected chi connectivity index (χ1v) is 13.9. The Morgan fingerprint density at radius 1 is 1.26 bits per heavy atom. The Kier molecular flexibility index (Phi) is 7.18. The number of amides is 2. The molecule has 0 spiro atoms. The molecule has 4 rings (SSSR count). The summed E-state index contributed by atoms with van der Waals surface area (Å²) in [5.74, 6) is 0.813. The van der Waals surface area contributed by atoms with Gasteiger partial charge in [-0.25, -0.2) is 4.68 Å². The van der Waals surface area contributed by atoms with Crippen LogP contribution in [0.5, 0.6) is 0 Å². The van der Waals surface area contributed by atoms with Crippen LogP contribution >= 0.6 is 23.1 Å². The maximum Gasteiger partial charge on any atom is 0.240 e. The molecule has 1 saturated heterocycles. The molecule has 0 aromatic carbocycles. The Bertz CT molecular complexity index is 1030. The second kappa shape index (κ2) is 9.66. The van der Waals surface area contributed by atoms with Gasteiger partial charge < -0.3 is 10.1 Å². The minimum Gasteiger partial charge on any atom is -0.376 e. The molecule has 7 nitrogen and oxygen atoms in total. The van der Waals surface area contributed by atoms with Crippen molar-refractivity contribution >= 4 is 40.7 Å². The van der Waals surface area contributed by atoms with Crippen LogP contribution in [-0.4, -0.2) is 53.1 Å². The Hall–Kier alpha value is -1.84. The summed E-state index contributed by atoms with van der Waals surface area (Å²) in [6.45, 7) is 13.9. The third-order valence-electron chi connectivity index (χ3n) is 6.13. The van der Waals surface area contributed by atoms with Crippen molar-refractivity contribution in [1.29, 1.82) is 0 Å². The molecule has 34 heavy (non-hydrogen) atoms. The zero-order chi connectivity index (χ0) is 24.7. The molecule has 0 unspecified atom stereocenters. The summed E-state index contributed by atoms with van der Waals surface area (Å²) >= 11 is 3.28. The summed E-state index contributed by atoms with van der Waals surface area (Å²) in [5.41, 5.74) is 2.60. The van der Waals surface area contributed by atoms with E-state index in [-0.39, 0.29) is 40.7 Å². The fraction of sp³-hybridized carbons (Fsp3) is 0.640. The number of nitrogens with one attached hydrogen (secondary N) is 1. The molecular weight excluding hydrogens is 468 g/mol. The molecule has 2 atom stereocenters. The van der Waals surface area contributed by atoms with E-state index in [1.165, 1.54) is 5.56 Å². The van der Waals surface area contributed by atoms with Gasteiger partial charge in [-0.2, -0.15) is 16.4 Å². The average Bonchev–Trinajstić information content (AvgIpc) is 3.49. The highest BCUT2D eigenvalue weighted by atomic mass is 32.2. The number of rotatable bonds is 5. The SMILES string of the molecule is CC(C)(C)c1nn(C(C)(C)C)c2c1[C@H](c1ccsc1)SCC(=O)N2CC(=O)NC[C@@H]1CCCO1. The lowest BCUT2D eigenvalue weighted by Gasteiger charge is -2.29. The lowest BCUT2D eigenvalue weighted by atomic mass is 9.87. The van der Waals surface area contributed by atoms with Gasteiger partial charge in [-0.05, 0) is 56.0 Å². The van der Waals surface area contributed by atoms with E-state index >= 15 is 0 Å². The highest BCUT2D eigenvalue weighted by molar-refractivity contribution is 8.00. The van der Waals surface area contributed by atoms with Gasteiger partial charge >= 0.3 is 0 Å². The molecule has 2 aliphatic heterocycles. The van der Waals surface area contributed by atoms with Gasteiger partial charge in [0.1, 0.15) is 12.4 Å². The molecule has 4 heterocycles. The Morgan fingerprint density at radius 3 is 2.62 bits per heavy atom. The van der Waals surface area contributed by atoms with Crippen LogP contribution in [0.2, 0.25) is 0 Å². The number of thiophene rings is 1. The number of aromatic nitrogens is 2. The number of fused-ring (bicyclic) bond motifs is 1. The van der Waals surface area contributed by atoms with E-state index < -0.39 is 0 Å². The molecule has 0 radical (unpaired) electrons. The molecule has 9 heteroatoms. The van der Waals surface area contributed by atoms with E-state index in [1.54, 1.807) is 28.0 Å². The number of carbonyl (C=O) groups is 2. The van der Waals surface area contributed by atoms with Gasteiger partial charge in [0.05, 0.1) is 28.3 Å². The second-order valence-corrected chi connectivity index (χ2v) is 13.0. The molecule has 0 saturated carbocycles. The van der Waals surface area contributed by atoms with Gasteiger partial charge in [0.15, 0.2) is 0 Å². The van der Waals surface area contributed by atoms with Gasteiger partial charge in [-0.1, -0.05) is 20.8 Å². The highest BCUT2D eigenvalue weighted by Gasteiger charge is 2.41. The van der Waals surface area contributed by atoms with Crippen LogP contribution in [0.25, 0.3) is 0 Å². The maximum absolute atomic E-state index is 13.5. The van der Waals surface area contributed by atoms with Gasteiger partial charge in [0.25, 0.3) is 0 Å². The number of anilines is 1. The molecule has 2 amide bonds. The van der Waals surface area contributed by atoms with E-state index in [0.29, 0.717) is 12.3 Å². The topological polar surface area (TPSA) is 76.5 Å². The number of hydrogen-bond acceptors (Lipinski definition) is 6. The first kappa shape index (κ1) is 25.3. The third-order valence-corrected chi connectivity index (χ3v) is 8.09. The van der Waals surface area contributed by atoms with Crippen molar-refractivity contribution in [3.63, 3.8) is 0 Å². The van der Waals surface area contributed by atoms with Crippen molar-refractivity contribution in [3.8, 4) is 0 Å². The lowest BCUT2D eigenvalue weighted by molar-refractivity contribution is -0.123. The minimum absolute atomic E-state index is 0.0181. The fourth-order valence-corrected chi connectivity index (χ4v) is 6.42. The van der Waals surface area contributed by atoms with E-state index in [9.17, 15) is 9.59 Å². The van der Waals surface area contributed by atoms with Crippen molar-refractivity contribution in [2.24, 2.45) is 0 Å². The molecule has 1 N–H and O–H groups in total. The van der Waals surface area contributed by atoms with Crippen LogP contribution in [-0.2, 0) is 25.3 Å². The summed E-state index contributed by atoms with van der Waals surface area (Å²) in [4.78, 5) is 28.2. The molecule has 2 aliphatic rings. The maximum atomic E-state index is 13.5. The number of carbonyl (C=O) groups excluding carboxylic acids is 2. The van der Waals surface area contributed by atoms with Crippen molar-refractivity contribution in [1.82, 2.24) is 15.1 Å². The fourth-order valence-electron chi connectivity index (χ4n) is 4.46. The summed E-state index contributed by atoms with van der Waals surface area (Å²) < 4.78 is 7.60. The van der Waals surface area contributed by atoms with E-state index in [0.717, 1.165) is 36.5 Å². The smallest absolute Gasteiger partial charge is 0.240 e. The molecule has 2 aromatic rings. The third kappa shape index (κ3) is 5.21. The predicted octanol–water partition coefficient (Wildman–Crippen LogP) is 4.46. The Labute approximate surface area is 210 Å². The Morgan fingerprint density at radius 2 is 2.03 bits per heavy atom. The zero-order valence-corrected chi connectivity index (χ0v) is 22.6. The van der Waals surface area contributed by atoms with E-state index in [1.807, 2.05) is 4.68 Å². The van der Waals surface area contributed by atoms with Gasteiger partial charge in [-0.15, -0.1) is 11.8 Å². The predicted molar refractivity (Wildman–Crippen MR) is 139 cm³/mol. The van der Waals surface area contributed by atoms with Gasteiger partial charge in [-0.3, -0.25) is 14.5 Å². The Balaban J connectivity index is 1.78. The van der Waals surface area contributed by atoms with Gasteiger partial charge in [0.2, 0.25) is 11.8 Å². The quantitative estimate of drug-likeness (QED) is 0.651. The summed E-state index contributed by atoms with van der Waals surface area (Å²) in [5, 5.41) is 12.3. The molecule has 1 fully saturated rings. The highest BCUT2D eigenvalue weighted by Crippen LogP contribution is 2.49. The van der Waals surface area contributed by atoms with Crippen LogP contribution in [0.15, 0.2) is 16.8 Å². The lowest BCUT2D eigenvalue weighted by Crippen LogP contribution is -2.45. The van der Waals surface area contributed by atoms with Crippen LogP contribution in [0.3, 0.4) is 0 Å². The van der Waals surface area contributed by atoms with Crippen molar-refractivity contribution < 1.29 is 14.3 Å². The second-order valence-electron chi connectivity index (χ2n) is 11.1. The molecular formula is C25H36N4O3S2. The largest absolute Gasteiger partial charge is 0.376 e. The molecule has 186 valence electrons. The molecule has 2 aromatic heterocycles. The van der Waals surface area contributed by atoms with Crippen molar-refractivity contribution in [2.75, 3.05) is 30.3 Å². The van der Waals surface area contributed by atoms with E-state index in [4.69, 9.17) is 9.84 Å². The summed E-state index contributed by atoms with van der Waals surface area (Å²) in [6.07, 6.45) is 2.04. The van der Waals surface area contributed by atoms with Crippen molar-refractivity contribution in [2.45, 2.75) is 76.7 Å². The van der Waals surface area contributed by atoms with Crippen LogP contribution in [0, 0.1) is 0 Å². The molecule has 0 aliphatic carbocycles. The van der Waals surface area contributed by atoms with Gasteiger partial charge in [0, 0.05) is 24.1 Å². The first-order chi connectivity index (χ1) is 16.0. The van der Waals surface area contributed by atoms with Crippen LogP contribution in [0.1, 0.15) is 76.5 Å². The monoisotopic (exact) mass is 504 g/mol. The van der Waals surface area contributed by atoms with Crippen LogP contribution < -0.4 is 10.2 Å². The zero-order valence-electron chi connectivity index (χ0n) is 21.0. The summed E-state index contributed by atoms with van der Waals surface area (Å²) in [6, 6.07) is 2.13. The standard InChI is InChI=1S/C25H36N4O3S2/c1-24(2,3)22-20-21(16-9-11-33-14-16)34-15-19(31)28(23(20)29(27-22)25(4,5)6)13-18(30)26-12-17-8-7-10-32-17/h9,11,14,17,21H,7-8,10,12-13,15H2,1-6H3,(H,26,30)/t17-,21-/m0/s1. The average molecular weight is 505 g/mol. The number of nitrogens with zero attached hydrogens (tertiary/aromatic N) is 3. The summed E-state index contributed by atoms with van der Waals surface area (Å²) in [7, 11) is 0.